The van der Waals surface area contributed by atoms with E-state index < -0.39 is 15.9 Å². The fourth-order valence-electron chi connectivity index (χ4n) is 4.11. The van der Waals surface area contributed by atoms with Gasteiger partial charge in [-0.1, -0.05) is 6.07 Å². The number of fused-ring (bicyclic) bond motifs is 1. The molecule has 1 N–H and O–H groups in total. The smallest absolute Gasteiger partial charge is 0.255 e. The molecule has 35 heavy (non-hydrogen) atoms. The number of carbonyl (C=O) groups excluding carboxylic acids is 1. The SMILES string of the molecule is Cc1nc2cc(NC(=O)c3cccc(S(=O)(=O)N4CCN(c5ccc(F)cc5)CC4)c3)ccc2o1. The van der Waals surface area contributed by atoms with Crippen molar-refractivity contribution in [1.82, 2.24) is 9.29 Å². The predicted molar refractivity (Wildman–Crippen MR) is 131 cm³/mol. The maximum Gasteiger partial charge on any atom is 0.255 e. The third-order valence-corrected chi connectivity index (χ3v) is 7.81. The van der Waals surface area contributed by atoms with E-state index >= 15 is 0 Å². The van der Waals surface area contributed by atoms with Gasteiger partial charge in [0, 0.05) is 50.0 Å². The summed E-state index contributed by atoms with van der Waals surface area (Å²) in [5.41, 5.74) is 2.85. The number of halogens is 1. The second-order valence-corrected chi connectivity index (χ2v) is 10.2. The van der Waals surface area contributed by atoms with Gasteiger partial charge in [0.05, 0.1) is 4.90 Å². The van der Waals surface area contributed by atoms with Crippen LogP contribution in [0.3, 0.4) is 0 Å². The van der Waals surface area contributed by atoms with Crippen LogP contribution < -0.4 is 10.2 Å². The van der Waals surface area contributed by atoms with Gasteiger partial charge in [0.25, 0.3) is 5.91 Å². The Labute approximate surface area is 202 Å². The number of amides is 1. The molecule has 4 aromatic rings. The lowest BCUT2D eigenvalue weighted by molar-refractivity contribution is 0.102. The molecule has 0 bridgehead atoms. The van der Waals surface area contributed by atoms with Crippen molar-refractivity contribution in [1.29, 1.82) is 0 Å². The molecule has 0 aliphatic carbocycles. The first-order valence-corrected chi connectivity index (χ1v) is 12.5. The summed E-state index contributed by atoms with van der Waals surface area (Å²) >= 11 is 0. The van der Waals surface area contributed by atoms with Crippen molar-refractivity contribution in [3.8, 4) is 0 Å². The third-order valence-electron chi connectivity index (χ3n) is 5.92. The molecule has 5 rings (SSSR count). The van der Waals surface area contributed by atoms with Gasteiger partial charge in [-0.25, -0.2) is 17.8 Å². The molecular weight excluding hydrogens is 471 g/mol. The average molecular weight is 495 g/mol. The molecule has 1 aromatic heterocycles. The van der Waals surface area contributed by atoms with Gasteiger partial charge in [-0.3, -0.25) is 4.79 Å². The standard InChI is InChI=1S/C25H23FN4O4S/c1-17-27-23-16-20(7-10-24(23)34-17)28-25(31)18-3-2-4-22(15-18)35(32,33)30-13-11-29(12-14-30)21-8-5-19(26)6-9-21/h2-10,15-16H,11-14H2,1H3,(H,28,31). The van der Waals surface area contributed by atoms with Crippen LogP contribution in [-0.4, -0.2) is 49.8 Å². The average Bonchev–Trinajstić information content (AvgIpc) is 3.24. The van der Waals surface area contributed by atoms with Gasteiger partial charge in [-0.15, -0.1) is 0 Å². The molecule has 1 saturated heterocycles. The van der Waals surface area contributed by atoms with Gasteiger partial charge >= 0.3 is 0 Å². The maximum atomic E-state index is 13.3. The lowest BCUT2D eigenvalue weighted by Crippen LogP contribution is -2.48. The second-order valence-electron chi connectivity index (χ2n) is 8.26. The first-order chi connectivity index (χ1) is 16.8. The number of rotatable bonds is 5. The number of hydrogen-bond donors (Lipinski definition) is 1. The zero-order valence-electron chi connectivity index (χ0n) is 18.9. The van der Waals surface area contributed by atoms with E-state index in [4.69, 9.17) is 4.42 Å². The molecule has 8 nitrogen and oxygen atoms in total. The zero-order valence-corrected chi connectivity index (χ0v) is 19.8. The first kappa shape index (κ1) is 23.0. The van der Waals surface area contributed by atoms with Gasteiger partial charge in [-0.05, 0) is 60.7 Å². The van der Waals surface area contributed by atoms with Gasteiger partial charge in [0.2, 0.25) is 10.0 Å². The van der Waals surface area contributed by atoms with Crippen LogP contribution in [0, 0.1) is 12.7 Å². The molecule has 180 valence electrons. The highest BCUT2D eigenvalue weighted by Crippen LogP contribution is 2.24. The van der Waals surface area contributed by atoms with Crippen LogP contribution in [0.5, 0.6) is 0 Å². The maximum absolute atomic E-state index is 13.3. The van der Waals surface area contributed by atoms with Crippen molar-refractivity contribution >= 4 is 38.4 Å². The van der Waals surface area contributed by atoms with E-state index in [1.54, 1.807) is 49.4 Å². The Kier molecular flexibility index (Phi) is 6.00. The summed E-state index contributed by atoms with van der Waals surface area (Å²) in [4.78, 5) is 19.2. The Morgan fingerprint density at radius 2 is 1.74 bits per heavy atom. The highest BCUT2D eigenvalue weighted by molar-refractivity contribution is 7.89. The number of sulfonamides is 1. The van der Waals surface area contributed by atoms with E-state index in [1.807, 2.05) is 4.90 Å². The Hall–Kier alpha value is -3.76. The lowest BCUT2D eigenvalue weighted by atomic mass is 10.2. The number of carbonyl (C=O) groups is 1. The highest BCUT2D eigenvalue weighted by atomic mass is 32.2. The molecule has 0 atom stereocenters. The van der Waals surface area contributed by atoms with Crippen LogP contribution in [0.2, 0.25) is 0 Å². The summed E-state index contributed by atoms with van der Waals surface area (Å²) < 4.78 is 46.6. The lowest BCUT2D eigenvalue weighted by Gasteiger charge is -2.35. The van der Waals surface area contributed by atoms with E-state index in [1.165, 1.54) is 28.6 Å². The highest BCUT2D eigenvalue weighted by Gasteiger charge is 2.29. The molecular formula is C25H23FN4O4S. The number of nitrogens with zero attached hydrogens (tertiary/aromatic N) is 3. The third kappa shape index (κ3) is 4.75. The van der Waals surface area contributed by atoms with E-state index in [9.17, 15) is 17.6 Å². The first-order valence-electron chi connectivity index (χ1n) is 11.1. The fraction of sp³-hybridized carbons (Fsp3) is 0.200. The molecule has 1 fully saturated rings. The molecule has 1 aliphatic heterocycles. The van der Waals surface area contributed by atoms with Gasteiger partial charge in [-0.2, -0.15) is 4.31 Å². The van der Waals surface area contributed by atoms with Gasteiger partial charge in [0.1, 0.15) is 11.3 Å². The summed E-state index contributed by atoms with van der Waals surface area (Å²) in [5.74, 6) is -0.213. The molecule has 3 aromatic carbocycles. The van der Waals surface area contributed by atoms with Gasteiger partial charge < -0.3 is 14.6 Å². The monoisotopic (exact) mass is 494 g/mol. The number of oxazole rings is 1. The molecule has 1 amide bonds. The number of piperazine rings is 1. The van der Waals surface area contributed by atoms with E-state index in [-0.39, 0.29) is 29.4 Å². The number of aryl methyl sites for hydroxylation is 1. The normalized spacial score (nSPS) is 14.9. The number of aromatic nitrogens is 1. The number of benzene rings is 3. The summed E-state index contributed by atoms with van der Waals surface area (Å²) in [6.07, 6.45) is 0. The Morgan fingerprint density at radius 1 is 1.00 bits per heavy atom. The summed E-state index contributed by atoms with van der Waals surface area (Å²) in [6.45, 7) is 3.28. The number of nitrogens with one attached hydrogen (secondary N) is 1. The van der Waals surface area contributed by atoms with Crippen molar-refractivity contribution in [3.63, 3.8) is 0 Å². The molecule has 0 radical (unpaired) electrons. The van der Waals surface area contributed by atoms with Crippen LogP contribution in [0.1, 0.15) is 16.2 Å². The molecule has 1 aliphatic rings. The molecule has 0 unspecified atom stereocenters. The quantitative estimate of drug-likeness (QED) is 0.450. The van der Waals surface area contributed by atoms with Crippen molar-refractivity contribution in [3.05, 3.63) is 84.0 Å². The second kappa shape index (κ2) is 9.12. The number of hydrogen-bond acceptors (Lipinski definition) is 6. The fourth-order valence-corrected chi connectivity index (χ4v) is 5.58. The Balaban J connectivity index is 1.29. The van der Waals surface area contributed by atoms with Gasteiger partial charge in [0.15, 0.2) is 11.5 Å². The van der Waals surface area contributed by atoms with Crippen molar-refractivity contribution < 1.29 is 22.0 Å². The minimum absolute atomic E-state index is 0.0583. The topological polar surface area (TPSA) is 95.7 Å². The minimum atomic E-state index is -3.79. The van der Waals surface area contributed by atoms with E-state index in [2.05, 4.69) is 10.3 Å². The molecule has 0 spiro atoms. The van der Waals surface area contributed by atoms with E-state index in [0.717, 1.165) is 5.69 Å². The summed E-state index contributed by atoms with van der Waals surface area (Å²) in [6, 6.07) is 17.3. The van der Waals surface area contributed by atoms with Crippen LogP contribution in [0.25, 0.3) is 11.1 Å². The predicted octanol–water partition coefficient (Wildman–Crippen LogP) is 4.04. The van der Waals surface area contributed by atoms with E-state index in [0.29, 0.717) is 35.8 Å². The van der Waals surface area contributed by atoms with Crippen LogP contribution in [0.15, 0.2) is 76.0 Å². The molecule has 10 heteroatoms. The molecule has 2 heterocycles. The zero-order chi connectivity index (χ0) is 24.6. The van der Waals surface area contributed by atoms with Crippen molar-refractivity contribution in [2.45, 2.75) is 11.8 Å². The largest absolute Gasteiger partial charge is 0.441 e. The molecule has 0 saturated carbocycles. The van der Waals surface area contributed by atoms with Crippen LogP contribution in [0.4, 0.5) is 15.8 Å². The van der Waals surface area contributed by atoms with Crippen molar-refractivity contribution in [2.75, 3.05) is 36.4 Å². The van der Waals surface area contributed by atoms with Crippen LogP contribution >= 0.6 is 0 Å². The van der Waals surface area contributed by atoms with Crippen molar-refractivity contribution in [2.24, 2.45) is 0 Å². The summed E-state index contributed by atoms with van der Waals surface area (Å²) in [7, 11) is -3.79. The number of anilines is 2. The van der Waals surface area contributed by atoms with Crippen LogP contribution in [-0.2, 0) is 10.0 Å². The minimum Gasteiger partial charge on any atom is -0.441 e. The Bertz CT molecular complexity index is 1490. The summed E-state index contributed by atoms with van der Waals surface area (Å²) in [5, 5.41) is 2.78. The Morgan fingerprint density at radius 3 is 2.49 bits per heavy atom.